The van der Waals surface area contributed by atoms with Crippen LogP contribution >= 0.6 is 27.3 Å². The van der Waals surface area contributed by atoms with Crippen molar-refractivity contribution in [1.82, 2.24) is 4.98 Å². The van der Waals surface area contributed by atoms with Crippen LogP contribution in [0.5, 0.6) is 0 Å². The molecule has 0 saturated carbocycles. The van der Waals surface area contributed by atoms with Crippen molar-refractivity contribution >= 4 is 37.5 Å². The number of nitrogens with two attached hydrogens (primary N) is 1. The van der Waals surface area contributed by atoms with Crippen LogP contribution in [0, 0.1) is 0 Å². The second kappa shape index (κ2) is 3.94. The Balaban J connectivity index is 2.56. The molecule has 2 aromatic rings. The topological polar surface area (TPSA) is 59.1 Å². The third-order valence-electron chi connectivity index (χ3n) is 1.90. The number of hydrogen-bond acceptors (Lipinski definition) is 4. The summed E-state index contributed by atoms with van der Waals surface area (Å²) < 4.78 is 2.04. The van der Waals surface area contributed by atoms with Gasteiger partial charge in [0.1, 0.15) is 5.01 Å². The Morgan fingerprint density at radius 1 is 1.57 bits per heavy atom. The van der Waals surface area contributed by atoms with E-state index in [1.807, 2.05) is 18.2 Å². The summed E-state index contributed by atoms with van der Waals surface area (Å²) >= 11 is 4.94. The molecule has 0 aliphatic rings. The van der Waals surface area contributed by atoms with E-state index < -0.39 is 0 Å². The smallest absolute Gasteiger partial charge is 0.113 e. The summed E-state index contributed by atoms with van der Waals surface area (Å²) in [5.74, 6) is 0. The van der Waals surface area contributed by atoms with Gasteiger partial charge in [0, 0.05) is 4.47 Å². The molecule has 0 fully saturated rings. The minimum atomic E-state index is -0.376. The maximum absolute atomic E-state index is 8.91. The number of halogens is 1. The van der Waals surface area contributed by atoms with Gasteiger partial charge >= 0.3 is 0 Å². The monoisotopic (exact) mass is 272 g/mol. The molecule has 1 unspecified atom stereocenters. The van der Waals surface area contributed by atoms with E-state index in [0.717, 1.165) is 19.7 Å². The second-order valence-electron chi connectivity index (χ2n) is 2.93. The first kappa shape index (κ1) is 10.0. The molecule has 2 rings (SSSR count). The SMILES string of the molecule is NC(CO)c1nc2c(Br)cccc2s1. The molecular formula is C9H9BrN2OS. The zero-order chi connectivity index (χ0) is 10.1. The average Bonchev–Trinajstić information content (AvgIpc) is 2.62. The van der Waals surface area contributed by atoms with Crippen LogP contribution in [0.3, 0.4) is 0 Å². The van der Waals surface area contributed by atoms with Crippen LogP contribution in [0.25, 0.3) is 10.2 Å². The van der Waals surface area contributed by atoms with Crippen LogP contribution in [-0.2, 0) is 0 Å². The summed E-state index contributed by atoms with van der Waals surface area (Å²) in [5, 5.41) is 9.69. The van der Waals surface area contributed by atoms with Crippen LogP contribution < -0.4 is 5.73 Å². The van der Waals surface area contributed by atoms with E-state index in [0.29, 0.717) is 0 Å². The van der Waals surface area contributed by atoms with Gasteiger partial charge in [-0.2, -0.15) is 0 Å². The molecule has 0 bridgehead atoms. The van der Waals surface area contributed by atoms with Crippen LogP contribution in [0.2, 0.25) is 0 Å². The van der Waals surface area contributed by atoms with Crippen molar-refractivity contribution in [3.05, 3.63) is 27.7 Å². The van der Waals surface area contributed by atoms with Gasteiger partial charge in [-0.05, 0) is 28.1 Å². The Morgan fingerprint density at radius 3 is 3.00 bits per heavy atom. The third kappa shape index (κ3) is 1.68. The fourth-order valence-electron chi connectivity index (χ4n) is 1.17. The van der Waals surface area contributed by atoms with Crippen LogP contribution in [0.4, 0.5) is 0 Å². The Bertz CT molecular complexity index is 457. The van der Waals surface area contributed by atoms with Crippen molar-refractivity contribution in [2.45, 2.75) is 6.04 Å². The van der Waals surface area contributed by atoms with Gasteiger partial charge in [-0.1, -0.05) is 6.07 Å². The van der Waals surface area contributed by atoms with Gasteiger partial charge in [0.15, 0.2) is 0 Å². The summed E-state index contributed by atoms with van der Waals surface area (Å²) in [6.07, 6.45) is 0. The molecule has 1 aromatic heterocycles. The number of para-hydroxylation sites is 1. The molecule has 1 atom stereocenters. The van der Waals surface area contributed by atoms with Gasteiger partial charge in [-0.3, -0.25) is 0 Å². The van der Waals surface area contributed by atoms with Crippen molar-refractivity contribution in [2.75, 3.05) is 6.61 Å². The first-order chi connectivity index (χ1) is 6.72. The molecule has 0 spiro atoms. The van der Waals surface area contributed by atoms with E-state index in [2.05, 4.69) is 20.9 Å². The minimum absolute atomic E-state index is 0.0720. The molecule has 0 saturated heterocycles. The highest BCUT2D eigenvalue weighted by atomic mass is 79.9. The van der Waals surface area contributed by atoms with Crippen molar-refractivity contribution in [1.29, 1.82) is 0 Å². The lowest BCUT2D eigenvalue weighted by molar-refractivity contribution is 0.268. The number of fused-ring (bicyclic) bond motifs is 1. The zero-order valence-corrected chi connectivity index (χ0v) is 9.68. The molecule has 14 heavy (non-hydrogen) atoms. The summed E-state index contributed by atoms with van der Waals surface area (Å²) in [7, 11) is 0. The number of rotatable bonds is 2. The van der Waals surface area contributed by atoms with Crippen molar-refractivity contribution in [2.24, 2.45) is 5.73 Å². The number of aliphatic hydroxyl groups is 1. The average molecular weight is 273 g/mol. The Hall–Kier alpha value is -0.490. The first-order valence-electron chi connectivity index (χ1n) is 4.13. The Labute approximate surface area is 93.7 Å². The normalized spacial score (nSPS) is 13.4. The van der Waals surface area contributed by atoms with Crippen molar-refractivity contribution < 1.29 is 5.11 Å². The second-order valence-corrected chi connectivity index (χ2v) is 4.84. The molecule has 0 aliphatic carbocycles. The molecule has 3 N–H and O–H groups in total. The highest BCUT2D eigenvalue weighted by Gasteiger charge is 2.11. The van der Waals surface area contributed by atoms with Gasteiger partial charge in [-0.15, -0.1) is 11.3 Å². The number of nitrogens with zero attached hydrogens (tertiary/aromatic N) is 1. The molecular weight excluding hydrogens is 264 g/mol. The highest BCUT2D eigenvalue weighted by Crippen LogP contribution is 2.30. The minimum Gasteiger partial charge on any atom is -0.394 e. The van der Waals surface area contributed by atoms with Crippen LogP contribution in [0.1, 0.15) is 11.0 Å². The Kier molecular flexibility index (Phi) is 2.83. The molecule has 0 aliphatic heterocycles. The molecule has 0 radical (unpaired) electrons. The number of hydrogen-bond donors (Lipinski definition) is 2. The maximum Gasteiger partial charge on any atom is 0.113 e. The number of aliphatic hydroxyl groups excluding tert-OH is 1. The predicted octanol–water partition coefficient (Wildman–Crippen LogP) is 2.05. The zero-order valence-electron chi connectivity index (χ0n) is 7.27. The van der Waals surface area contributed by atoms with Crippen LogP contribution in [0.15, 0.2) is 22.7 Å². The quantitative estimate of drug-likeness (QED) is 0.880. The highest BCUT2D eigenvalue weighted by molar-refractivity contribution is 9.10. The summed E-state index contributed by atoms with van der Waals surface area (Å²) in [6, 6.07) is 5.51. The lowest BCUT2D eigenvalue weighted by atomic mass is 10.3. The predicted molar refractivity (Wildman–Crippen MR) is 61.3 cm³/mol. The summed E-state index contributed by atoms with van der Waals surface area (Å²) in [5.41, 5.74) is 6.60. The Morgan fingerprint density at radius 2 is 2.36 bits per heavy atom. The van der Waals surface area contributed by atoms with Gasteiger partial charge in [0.25, 0.3) is 0 Å². The first-order valence-corrected chi connectivity index (χ1v) is 5.74. The van der Waals surface area contributed by atoms with Gasteiger partial charge < -0.3 is 10.8 Å². The van der Waals surface area contributed by atoms with E-state index in [1.165, 1.54) is 11.3 Å². The number of aromatic nitrogens is 1. The fraction of sp³-hybridized carbons (Fsp3) is 0.222. The van der Waals surface area contributed by atoms with E-state index in [-0.39, 0.29) is 12.6 Å². The summed E-state index contributed by atoms with van der Waals surface area (Å²) in [4.78, 5) is 4.37. The van der Waals surface area contributed by atoms with Gasteiger partial charge in [0.05, 0.1) is 22.9 Å². The lowest BCUT2D eigenvalue weighted by Gasteiger charge is -2.00. The molecule has 0 amide bonds. The van der Waals surface area contributed by atoms with E-state index in [1.54, 1.807) is 0 Å². The van der Waals surface area contributed by atoms with Crippen LogP contribution in [-0.4, -0.2) is 16.7 Å². The number of thiazole rings is 1. The standard InChI is InChI=1S/C9H9BrN2OS/c10-5-2-1-3-7-8(5)12-9(14-7)6(11)4-13/h1-3,6,13H,4,11H2. The van der Waals surface area contributed by atoms with Crippen molar-refractivity contribution in [3.8, 4) is 0 Å². The number of benzene rings is 1. The van der Waals surface area contributed by atoms with E-state index in [9.17, 15) is 0 Å². The molecule has 1 aromatic carbocycles. The van der Waals surface area contributed by atoms with E-state index in [4.69, 9.17) is 10.8 Å². The fourth-order valence-corrected chi connectivity index (χ4v) is 2.74. The molecule has 1 heterocycles. The van der Waals surface area contributed by atoms with Gasteiger partial charge in [0.2, 0.25) is 0 Å². The third-order valence-corrected chi connectivity index (χ3v) is 3.69. The molecule has 3 nitrogen and oxygen atoms in total. The molecule has 74 valence electrons. The van der Waals surface area contributed by atoms with Gasteiger partial charge in [-0.25, -0.2) is 4.98 Å². The molecule has 5 heteroatoms. The van der Waals surface area contributed by atoms with Crippen molar-refractivity contribution in [3.63, 3.8) is 0 Å². The summed E-state index contributed by atoms with van der Waals surface area (Å²) in [6.45, 7) is -0.0720. The maximum atomic E-state index is 8.91. The van der Waals surface area contributed by atoms with E-state index >= 15 is 0 Å². The lowest BCUT2D eigenvalue weighted by Crippen LogP contribution is -2.13. The largest absolute Gasteiger partial charge is 0.394 e.